The number of rotatable bonds is 7. The summed E-state index contributed by atoms with van der Waals surface area (Å²) in [7, 11) is 0. The lowest BCUT2D eigenvalue weighted by atomic mass is 10.0. The molecule has 11 heteroatoms. The van der Waals surface area contributed by atoms with Gasteiger partial charge >= 0.3 is 0 Å². The molecule has 3 aromatic heterocycles. The Morgan fingerprint density at radius 3 is 2.63 bits per heavy atom. The molecule has 5 rings (SSSR count). The van der Waals surface area contributed by atoms with Crippen molar-refractivity contribution in [1.29, 1.82) is 5.26 Å². The second-order valence-electron chi connectivity index (χ2n) is 9.82. The van der Waals surface area contributed by atoms with Gasteiger partial charge in [0.15, 0.2) is 5.65 Å². The summed E-state index contributed by atoms with van der Waals surface area (Å²) in [6.07, 6.45) is 8.98. The molecule has 1 aliphatic carbocycles. The molecule has 2 atom stereocenters. The zero-order valence-corrected chi connectivity index (χ0v) is 20.1. The smallest absolute Gasteiger partial charge is 0.252 e. The molecule has 3 aromatic rings. The highest BCUT2D eigenvalue weighted by Gasteiger charge is 2.54. The lowest BCUT2D eigenvalue weighted by molar-refractivity contribution is -0.134. The highest BCUT2D eigenvalue weighted by Crippen LogP contribution is 2.47. The van der Waals surface area contributed by atoms with Crippen molar-refractivity contribution in [2.45, 2.75) is 52.1 Å². The van der Waals surface area contributed by atoms with Gasteiger partial charge in [0.2, 0.25) is 5.91 Å². The van der Waals surface area contributed by atoms with Gasteiger partial charge in [-0.1, -0.05) is 6.92 Å². The quantitative estimate of drug-likeness (QED) is 0.532. The minimum Gasteiger partial charge on any atom is -0.376 e. The van der Waals surface area contributed by atoms with Crippen LogP contribution in [-0.4, -0.2) is 60.2 Å². The summed E-state index contributed by atoms with van der Waals surface area (Å²) in [5.41, 5.74) is 7.56. The van der Waals surface area contributed by atoms with E-state index in [1.54, 1.807) is 21.8 Å². The summed E-state index contributed by atoms with van der Waals surface area (Å²) < 4.78 is 3.47. The monoisotopic (exact) mass is 475 g/mol. The number of carbonyl (C=O) groups is 2. The molecule has 0 aromatic carbocycles. The summed E-state index contributed by atoms with van der Waals surface area (Å²) >= 11 is 0. The Balaban J connectivity index is 1.49. The van der Waals surface area contributed by atoms with E-state index in [0.717, 1.165) is 12.0 Å². The highest BCUT2D eigenvalue weighted by atomic mass is 16.2. The molecule has 0 unspecified atom stereocenters. The molecular formula is C24H29N9O2. The summed E-state index contributed by atoms with van der Waals surface area (Å²) in [4.78, 5) is 31.8. The van der Waals surface area contributed by atoms with Crippen molar-refractivity contribution in [1.82, 2.24) is 29.3 Å². The van der Waals surface area contributed by atoms with Crippen molar-refractivity contribution in [2.24, 2.45) is 17.1 Å². The Morgan fingerprint density at radius 2 is 2.03 bits per heavy atom. The molecule has 35 heavy (non-hydrogen) atoms. The van der Waals surface area contributed by atoms with Crippen LogP contribution in [0.1, 0.15) is 56.4 Å². The third kappa shape index (κ3) is 3.88. The first-order valence-corrected chi connectivity index (χ1v) is 12.0. The van der Waals surface area contributed by atoms with Gasteiger partial charge in [0.1, 0.15) is 5.41 Å². The van der Waals surface area contributed by atoms with E-state index < -0.39 is 11.3 Å². The first kappa shape index (κ1) is 22.8. The van der Waals surface area contributed by atoms with E-state index in [1.165, 1.54) is 6.20 Å². The van der Waals surface area contributed by atoms with Crippen LogP contribution in [0.4, 0.5) is 5.69 Å². The number of hydrogen-bond acceptors (Lipinski definition) is 7. The van der Waals surface area contributed by atoms with E-state index in [1.807, 2.05) is 24.7 Å². The lowest BCUT2D eigenvalue weighted by Crippen LogP contribution is -2.36. The van der Waals surface area contributed by atoms with Crippen LogP contribution in [0.2, 0.25) is 0 Å². The number of aromatic nitrogens is 5. The topological polar surface area (TPSA) is 147 Å². The molecule has 182 valence electrons. The number of fused-ring (bicyclic) bond motifs is 1. The van der Waals surface area contributed by atoms with Gasteiger partial charge < -0.3 is 16.0 Å². The Hall–Kier alpha value is -3.94. The number of carbonyl (C=O) groups excluding carboxylic acids is 2. The van der Waals surface area contributed by atoms with Crippen LogP contribution < -0.4 is 11.1 Å². The second-order valence-corrected chi connectivity index (χ2v) is 9.82. The number of nitrogens with one attached hydrogen (secondary N) is 1. The molecule has 0 bridgehead atoms. The first-order chi connectivity index (χ1) is 16.8. The highest BCUT2D eigenvalue weighted by molar-refractivity contribution is 6.01. The number of nitrogens with zero attached hydrogens (tertiary/aromatic N) is 7. The molecule has 1 aliphatic heterocycles. The average molecular weight is 476 g/mol. The molecule has 2 aliphatic rings. The van der Waals surface area contributed by atoms with E-state index in [2.05, 4.69) is 28.5 Å². The van der Waals surface area contributed by atoms with Crippen LogP contribution in [0.5, 0.6) is 0 Å². The number of primary amides is 1. The minimum absolute atomic E-state index is 0.0944. The summed E-state index contributed by atoms with van der Waals surface area (Å²) in [6.45, 7) is 7.18. The maximum absolute atomic E-state index is 13.0. The van der Waals surface area contributed by atoms with Crippen LogP contribution in [0.15, 0.2) is 24.8 Å². The summed E-state index contributed by atoms with van der Waals surface area (Å²) in [6, 6.07) is 2.30. The van der Waals surface area contributed by atoms with E-state index in [4.69, 9.17) is 10.7 Å². The fourth-order valence-electron chi connectivity index (χ4n) is 4.76. The predicted molar refractivity (Wildman–Crippen MR) is 128 cm³/mol. The number of nitriles is 1. The number of amides is 2. The molecule has 4 heterocycles. The fraction of sp³-hybridized carbons (Fsp3) is 0.500. The van der Waals surface area contributed by atoms with Gasteiger partial charge in [-0.25, -0.2) is 9.50 Å². The van der Waals surface area contributed by atoms with Crippen LogP contribution in [0.25, 0.3) is 16.9 Å². The number of anilines is 1. The van der Waals surface area contributed by atoms with E-state index in [0.29, 0.717) is 43.0 Å². The maximum atomic E-state index is 13.0. The summed E-state index contributed by atoms with van der Waals surface area (Å²) in [5.74, 6) is -0.552. The van der Waals surface area contributed by atoms with Gasteiger partial charge in [-0.2, -0.15) is 15.5 Å². The minimum atomic E-state index is -0.853. The molecule has 0 spiro atoms. The van der Waals surface area contributed by atoms with Gasteiger partial charge in [-0.15, -0.1) is 0 Å². The third-order valence-electron chi connectivity index (χ3n) is 7.14. The molecule has 0 radical (unpaired) electrons. The Morgan fingerprint density at radius 1 is 1.26 bits per heavy atom. The van der Waals surface area contributed by atoms with Crippen molar-refractivity contribution in [3.05, 3.63) is 30.4 Å². The Kier molecular flexibility index (Phi) is 5.46. The lowest BCUT2D eigenvalue weighted by Gasteiger charge is -2.21. The van der Waals surface area contributed by atoms with Crippen LogP contribution in [0, 0.1) is 22.7 Å². The molecule has 3 N–H and O–H groups in total. The van der Waals surface area contributed by atoms with Crippen LogP contribution >= 0.6 is 0 Å². The number of nitrogens with two attached hydrogens (primary N) is 1. The zero-order chi connectivity index (χ0) is 24.9. The summed E-state index contributed by atoms with van der Waals surface area (Å²) in [5, 5.41) is 21.7. The average Bonchev–Trinajstić information content (AvgIpc) is 3.19. The van der Waals surface area contributed by atoms with Gasteiger partial charge in [0.25, 0.3) is 5.91 Å². The standard InChI is InChI=1S/C24H29N9O2/c1-4-15-9-31(23(35)24(13-25)5-6-24)11-18(15)29-20-17(21(26)34)8-28-33-12-19(30-22(20)33)16-7-27-32(10-16)14(2)3/h7-8,10,12,14-15,18,29H,4-6,9,11H2,1-3H3,(H2,26,34)/t15-,18+/m0/s1. The van der Waals surface area contributed by atoms with E-state index in [-0.39, 0.29) is 29.5 Å². The van der Waals surface area contributed by atoms with Gasteiger partial charge in [0.05, 0.1) is 41.6 Å². The van der Waals surface area contributed by atoms with Crippen molar-refractivity contribution < 1.29 is 9.59 Å². The number of imidazole rings is 1. The zero-order valence-electron chi connectivity index (χ0n) is 20.1. The SMILES string of the molecule is CC[C@H]1CN(C(=O)C2(C#N)CC2)C[C@H]1Nc1c(C(N)=O)cnn2cc(-c3cnn(C(C)C)c3)nc12. The van der Waals surface area contributed by atoms with Crippen molar-refractivity contribution >= 4 is 23.1 Å². The van der Waals surface area contributed by atoms with Crippen molar-refractivity contribution in [2.75, 3.05) is 18.4 Å². The largest absolute Gasteiger partial charge is 0.376 e. The van der Waals surface area contributed by atoms with E-state index in [9.17, 15) is 14.9 Å². The number of likely N-dealkylation sites (tertiary alicyclic amines) is 1. The molecular weight excluding hydrogens is 446 g/mol. The Labute approximate surface area is 202 Å². The molecule has 2 amide bonds. The predicted octanol–water partition coefficient (Wildman–Crippen LogP) is 2.23. The van der Waals surface area contributed by atoms with Gasteiger partial charge in [-0.05, 0) is 39.0 Å². The van der Waals surface area contributed by atoms with Crippen LogP contribution in [0.3, 0.4) is 0 Å². The van der Waals surface area contributed by atoms with Gasteiger partial charge in [0, 0.05) is 36.9 Å². The van der Waals surface area contributed by atoms with Crippen molar-refractivity contribution in [3.63, 3.8) is 0 Å². The first-order valence-electron chi connectivity index (χ1n) is 12.0. The molecule has 1 saturated carbocycles. The molecule has 1 saturated heterocycles. The molecule has 11 nitrogen and oxygen atoms in total. The Bertz CT molecular complexity index is 1340. The number of hydrogen-bond donors (Lipinski definition) is 2. The van der Waals surface area contributed by atoms with E-state index >= 15 is 0 Å². The van der Waals surface area contributed by atoms with Crippen LogP contribution in [-0.2, 0) is 4.79 Å². The second kappa shape index (κ2) is 8.37. The fourth-order valence-corrected chi connectivity index (χ4v) is 4.76. The van der Waals surface area contributed by atoms with Gasteiger partial charge in [-0.3, -0.25) is 14.3 Å². The maximum Gasteiger partial charge on any atom is 0.252 e. The molecule has 2 fully saturated rings. The van der Waals surface area contributed by atoms with Crippen molar-refractivity contribution in [3.8, 4) is 17.3 Å². The third-order valence-corrected chi connectivity index (χ3v) is 7.14. The normalized spacial score (nSPS) is 20.8.